The number of hydrogen-bond donors (Lipinski definition) is 2. The Morgan fingerprint density at radius 2 is 1.83 bits per heavy atom. The topological polar surface area (TPSA) is 67.4 Å². The van der Waals surface area contributed by atoms with Crippen LogP contribution in [0.3, 0.4) is 0 Å². The van der Waals surface area contributed by atoms with E-state index >= 15 is 0 Å². The van der Waals surface area contributed by atoms with E-state index in [1.54, 1.807) is 24.3 Å². The summed E-state index contributed by atoms with van der Waals surface area (Å²) in [6.45, 7) is 0.220. The van der Waals surface area contributed by atoms with Crippen LogP contribution in [0.2, 0.25) is 0 Å². The number of para-hydroxylation sites is 1. The van der Waals surface area contributed by atoms with Crippen molar-refractivity contribution in [2.75, 3.05) is 24.3 Å². The Morgan fingerprint density at radius 1 is 1.08 bits per heavy atom. The molecule has 2 rings (SSSR count). The highest BCUT2D eigenvalue weighted by Gasteiger charge is 2.13. The lowest BCUT2D eigenvalue weighted by Gasteiger charge is -2.10. The average molecular weight is 334 g/mol. The van der Waals surface area contributed by atoms with Crippen molar-refractivity contribution in [1.29, 1.82) is 0 Å². The molecule has 0 aromatic heterocycles. The number of amides is 1. The number of halogens is 2. The molecule has 0 aliphatic carbocycles. The Morgan fingerprint density at radius 3 is 2.54 bits per heavy atom. The van der Waals surface area contributed by atoms with E-state index in [1.165, 1.54) is 13.2 Å². The molecule has 126 valence electrons. The highest BCUT2D eigenvalue weighted by Crippen LogP contribution is 2.16. The maximum atomic E-state index is 13.1. The number of carbonyl (C=O) groups is 2. The van der Waals surface area contributed by atoms with Gasteiger partial charge in [-0.3, -0.25) is 4.79 Å². The molecule has 7 heteroatoms. The minimum atomic E-state index is -0.962. The molecule has 0 radical (unpaired) electrons. The van der Waals surface area contributed by atoms with Gasteiger partial charge in [0.25, 0.3) is 0 Å². The van der Waals surface area contributed by atoms with Crippen molar-refractivity contribution in [2.45, 2.75) is 6.42 Å². The van der Waals surface area contributed by atoms with Crippen LogP contribution in [-0.4, -0.2) is 25.5 Å². The second-order valence-electron chi connectivity index (χ2n) is 4.89. The Balaban J connectivity index is 1.90. The molecule has 0 aliphatic heterocycles. The van der Waals surface area contributed by atoms with Gasteiger partial charge in [-0.2, -0.15) is 0 Å². The molecule has 0 heterocycles. The molecular formula is C17H16F2N2O3. The molecule has 0 saturated carbocycles. The summed E-state index contributed by atoms with van der Waals surface area (Å²) >= 11 is 0. The molecule has 0 bridgehead atoms. The summed E-state index contributed by atoms with van der Waals surface area (Å²) in [5.74, 6) is -2.78. The first-order chi connectivity index (χ1) is 11.5. The minimum absolute atomic E-state index is 0.0779. The van der Waals surface area contributed by atoms with Crippen LogP contribution in [0.4, 0.5) is 20.2 Å². The standard InChI is InChI=1S/C17H16F2N2O3/c1-24-17(23)12-4-2-3-5-15(12)21-16(22)8-9-20-11-6-7-13(18)14(19)10-11/h2-7,10,20H,8-9H2,1H3,(H,21,22). The van der Waals surface area contributed by atoms with E-state index in [2.05, 4.69) is 15.4 Å². The Labute approximate surface area is 137 Å². The molecule has 0 unspecified atom stereocenters. The third-order valence-electron chi connectivity index (χ3n) is 3.21. The van der Waals surface area contributed by atoms with E-state index in [0.29, 0.717) is 11.4 Å². The Hall–Kier alpha value is -2.96. The lowest BCUT2D eigenvalue weighted by atomic mass is 10.1. The number of methoxy groups -OCH3 is 1. The van der Waals surface area contributed by atoms with Gasteiger partial charge in [-0.1, -0.05) is 12.1 Å². The average Bonchev–Trinajstić information content (AvgIpc) is 2.58. The Kier molecular flexibility index (Phi) is 5.83. The molecule has 24 heavy (non-hydrogen) atoms. The molecule has 0 spiro atoms. The summed E-state index contributed by atoms with van der Waals surface area (Å²) in [6.07, 6.45) is 0.0779. The van der Waals surface area contributed by atoms with Gasteiger partial charge >= 0.3 is 5.97 Å². The smallest absolute Gasteiger partial charge is 0.339 e. The van der Waals surface area contributed by atoms with E-state index in [4.69, 9.17) is 0 Å². The maximum Gasteiger partial charge on any atom is 0.339 e. The monoisotopic (exact) mass is 334 g/mol. The second-order valence-corrected chi connectivity index (χ2v) is 4.89. The van der Waals surface area contributed by atoms with Crippen molar-refractivity contribution in [3.8, 4) is 0 Å². The molecule has 5 nitrogen and oxygen atoms in total. The fraction of sp³-hybridized carbons (Fsp3) is 0.176. The molecule has 1 amide bonds. The largest absolute Gasteiger partial charge is 0.465 e. The van der Waals surface area contributed by atoms with Crippen LogP contribution in [0.5, 0.6) is 0 Å². The van der Waals surface area contributed by atoms with Crippen molar-refractivity contribution in [3.63, 3.8) is 0 Å². The highest BCUT2D eigenvalue weighted by molar-refractivity contribution is 6.01. The first-order valence-electron chi connectivity index (χ1n) is 7.17. The van der Waals surface area contributed by atoms with Crippen LogP contribution in [0.25, 0.3) is 0 Å². The van der Waals surface area contributed by atoms with Gasteiger partial charge in [0.05, 0.1) is 18.4 Å². The van der Waals surface area contributed by atoms with Crippen molar-refractivity contribution in [1.82, 2.24) is 0 Å². The number of benzene rings is 2. The van der Waals surface area contributed by atoms with E-state index < -0.39 is 17.6 Å². The zero-order chi connectivity index (χ0) is 17.5. The number of nitrogens with one attached hydrogen (secondary N) is 2. The number of esters is 1. The number of anilines is 2. The summed E-state index contributed by atoms with van der Waals surface area (Å²) in [7, 11) is 1.26. The predicted octanol–water partition coefficient (Wildman–Crippen LogP) is 3.19. The van der Waals surface area contributed by atoms with Crippen LogP contribution < -0.4 is 10.6 Å². The molecule has 0 saturated heterocycles. The summed E-state index contributed by atoms with van der Waals surface area (Å²) in [4.78, 5) is 23.6. The summed E-state index contributed by atoms with van der Waals surface area (Å²) < 4.78 is 30.5. The fourth-order valence-corrected chi connectivity index (χ4v) is 2.02. The predicted molar refractivity (Wildman–Crippen MR) is 85.9 cm³/mol. The molecule has 0 atom stereocenters. The van der Waals surface area contributed by atoms with Crippen LogP contribution in [-0.2, 0) is 9.53 Å². The van der Waals surface area contributed by atoms with Crippen molar-refractivity contribution >= 4 is 23.3 Å². The molecule has 0 fully saturated rings. The molecule has 2 aromatic carbocycles. The van der Waals surface area contributed by atoms with Gasteiger partial charge in [0.1, 0.15) is 0 Å². The zero-order valence-corrected chi connectivity index (χ0v) is 12.9. The summed E-state index contributed by atoms with van der Waals surface area (Å²) in [5.41, 5.74) is 0.973. The van der Waals surface area contributed by atoms with Gasteiger partial charge in [-0.15, -0.1) is 0 Å². The van der Waals surface area contributed by atoms with Crippen molar-refractivity contribution in [3.05, 3.63) is 59.7 Å². The lowest BCUT2D eigenvalue weighted by Crippen LogP contribution is -2.18. The van der Waals surface area contributed by atoms with E-state index in [0.717, 1.165) is 12.1 Å². The fourth-order valence-electron chi connectivity index (χ4n) is 2.02. The van der Waals surface area contributed by atoms with Gasteiger partial charge in [0, 0.05) is 18.7 Å². The summed E-state index contributed by atoms with van der Waals surface area (Å²) in [5, 5.41) is 5.44. The highest BCUT2D eigenvalue weighted by atomic mass is 19.2. The van der Waals surface area contributed by atoms with Gasteiger partial charge in [0.2, 0.25) is 5.91 Å². The van der Waals surface area contributed by atoms with Gasteiger partial charge in [0.15, 0.2) is 11.6 Å². The van der Waals surface area contributed by atoms with Crippen LogP contribution in [0.15, 0.2) is 42.5 Å². The number of hydrogen-bond acceptors (Lipinski definition) is 4. The van der Waals surface area contributed by atoms with E-state index in [1.807, 2.05) is 0 Å². The maximum absolute atomic E-state index is 13.1. The van der Waals surface area contributed by atoms with Crippen LogP contribution in [0, 0.1) is 11.6 Å². The number of carbonyl (C=O) groups excluding carboxylic acids is 2. The van der Waals surface area contributed by atoms with E-state index in [-0.39, 0.29) is 24.4 Å². The minimum Gasteiger partial charge on any atom is -0.465 e. The quantitative estimate of drug-likeness (QED) is 0.796. The molecule has 2 aromatic rings. The zero-order valence-electron chi connectivity index (χ0n) is 12.9. The van der Waals surface area contributed by atoms with Gasteiger partial charge in [-0.05, 0) is 30.3 Å². The third-order valence-corrected chi connectivity index (χ3v) is 3.21. The first-order valence-corrected chi connectivity index (χ1v) is 7.17. The number of rotatable bonds is 6. The third kappa shape index (κ3) is 4.52. The normalized spacial score (nSPS) is 10.1. The van der Waals surface area contributed by atoms with Crippen LogP contribution >= 0.6 is 0 Å². The molecule has 2 N–H and O–H groups in total. The summed E-state index contributed by atoms with van der Waals surface area (Å²) in [6, 6.07) is 9.87. The lowest BCUT2D eigenvalue weighted by molar-refractivity contribution is -0.115. The van der Waals surface area contributed by atoms with Gasteiger partial charge in [-0.25, -0.2) is 13.6 Å². The van der Waals surface area contributed by atoms with E-state index in [9.17, 15) is 18.4 Å². The first kappa shape index (κ1) is 17.4. The molecular weight excluding hydrogens is 318 g/mol. The number of ether oxygens (including phenoxy) is 1. The van der Waals surface area contributed by atoms with Gasteiger partial charge < -0.3 is 15.4 Å². The van der Waals surface area contributed by atoms with Crippen molar-refractivity contribution < 1.29 is 23.1 Å². The molecule has 0 aliphatic rings. The van der Waals surface area contributed by atoms with Crippen LogP contribution in [0.1, 0.15) is 16.8 Å². The SMILES string of the molecule is COC(=O)c1ccccc1NC(=O)CCNc1ccc(F)c(F)c1. The van der Waals surface area contributed by atoms with Crippen molar-refractivity contribution in [2.24, 2.45) is 0 Å². The Bertz CT molecular complexity index is 750. The second kappa shape index (κ2) is 8.05.